The molecule has 1 amide bonds. The van der Waals surface area contributed by atoms with Crippen LogP contribution in [0.4, 0.5) is 4.39 Å². The summed E-state index contributed by atoms with van der Waals surface area (Å²) < 4.78 is 51.0. The highest BCUT2D eigenvalue weighted by atomic mass is 32.2. The average Bonchev–Trinajstić information content (AvgIpc) is 2.98. The molecule has 0 atom stereocenters. The van der Waals surface area contributed by atoms with Crippen LogP contribution in [-0.2, 0) is 21.3 Å². The van der Waals surface area contributed by atoms with E-state index in [9.17, 15) is 17.6 Å². The van der Waals surface area contributed by atoms with Gasteiger partial charge < -0.3 is 14.6 Å². The van der Waals surface area contributed by atoms with E-state index in [0.29, 0.717) is 30.2 Å². The van der Waals surface area contributed by atoms with E-state index in [-0.39, 0.29) is 30.1 Å². The number of sulfonamides is 1. The predicted molar refractivity (Wildman–Crippen MR) is 93.1 cm³/mol. The molecule has 0 spiro atoms. The number of nitrogens with one attached hydrogen (secondary N) is 1. The molecule has 1 aliphatic rings. The van der Waals surface area contributed by atoms with Crippen molar-refractivity contribution in [2.45, 2.75) is 25.3 Å². The van der Waals surface area contributed by atoms with Crippen molar-refractivity contribution >= 4 is 15.9 Å². The van der Waals surface area contributed by atoms with Crippen molar-refractivity contribution in [3.05, 3.63) is 46.6 Å². The Kier molecular flexibility index (Phi) is 5.59. The van der Waals surface area contributed by atoms with Crippen molar-refractivity contribution in [1.82, 2.24) is 14.8 Å². The number of morpholine rings is 1. The molecule has 0 saturated carbocycles. The van der Waals surface area contributed by atoms with Gasteiger partial charge in [-0.1, -0.05) is 5.16 Å². The third kappa shape index (κ3) is 4.02. The smallest absolute Gasteiger partial charge is 0.254 e. The predicted octanol–water partition coefficient (Wildman–Crippen LogP) is 1.38. The molecule has 1 N–H and O–H groups in total. The van der Waals surface area contributed by atoms with E-state index in [1.165, 1.54) is 4.31 Å². The quantitative estimate of drug-likeness (QED) is 0.818. The molecule has 1 aromatic heterocycles. The molecule has 0 aliphatic carbocycles. The number of benzene rings is 1. The average molecular weight is 397 g/mol. The number of rotatable bonds is 5. The second-order valence-electron chi connectivity index (χ2n) is 6.14. The third-order valence-corrected chi connectivity index (χ3v) is 6.29. The number of carbonyl (C=O) groups excluding carboxylic acids is 1. The topological polar surface area (TPSA) is 102 Å². The lowest BCUT2D eigenvalue weighted by Gasteiger charge is -2.26. The largest absolute Gasteiger partial charge is 0.379 e. The minimum atomic E-state index is -3.82. The lowest BCUT2D eigenvalue weighted by molar-refractivity contribution is 0.0730. The Morgan fingerprint density at radius 1 is 1.30 bits per heavy atom. The minimum Gasteiger partial charge on any atom is -0.379 e. The van der Waals surface area contributed by atoms with E-state index >= 15 is 0 Å². The van der Waals surface area contributed by atoms with Gasteiger partial charge in [-0.15, -0.1) is 0 Å². The van der Waals surface area contributed by atoms with Gasteiger partial charge in [0.25, 0.3) is 5.91 Å². The summed E-state index contributed by atoms with van der Waals surface area (Å²) in [4.78, 5) is 12.3. The van der Waals surface area contributed by atoms with E-state index < -0.39 is 21.7 Å². The highest BCUT2D eigenvalue weighted by Gasteiger charge is 2.28. The van der Waals surface area contributed by atoms with Gasteiger partial charge in [-0.2, -0.15) is 4.31 Å². The van der Waals surface area contributed by atoms with Crippen LogP contribution in [0.15, 0.2) is 27.6 Å². The zero-order valence-corrected chi connectivity index (χ0v) is 15.8. The van der Waals surface area contributed by atoms with E-state index in [4.69, 9.17) is 9.26 Å². The number of carbonyl (C=O) groups is 1. The normalized spacial score (nSPS) is 15.7. The van der Waals surface area contributed by atoms with Crippen LogP contribution in [0.1, 0.15) is 27.4 Å². The van der Waals surface area contributed by atoms with Gasteiger partial charge >= 0.3 is 0 Å². The summed E-state index contributed by atoms with van der Waals surface area (Å²) in [5.41, 5.74) is 0.980. The first-order valence-corrected chi connectivity index (χ1v) is 9.82. The summed E-state index contributed by atoms with van der Waals surface area (Å²) in [5.74, 6) is -0.962. The fourth-order valence-corrected chi connectivity index (χ4v) is 4.23. The summed E-state index contributed by atoms with van der Waals surface area (Å²) in [5, 5.41) is 6.36. The maximum atomic E-state index is 14.2. The van der Waals surface area contributed by atoms with Gasteiger partial charge in [0.1, 0.15) is 11.6 Å². The van der Waals surface area contributed by atoms with Crippen molar-refractivity contribution in [3.8, 4) is 0 Å². The van der Waals surface area contributed by atoms with Crippen molar-refractivity contribution in [3.63, 3.8) is 0 Å². The molecule has 8 nitrogen and oxygen atoms in total. The molecule has 1 fully saturated rings. The number of hydrogen-bond donors (Lipinski definition) is 1. The summed E-state index contributed by atoms with van der Waals surface area (Å²) >= 11 is 0. The number of nitrogens with zero attached hydrogens (tertiary/aromatic N) is 2. The van der Waals surface area contributed by atoms with Crippen LogP contribution in [-0.4, -0.2) is 50.1 Å². The molecule has 2 heterocycles. The molecule has 146 valence electrons. The maximum Gasteiger partial charge on any atom is 0.254 e. The molecular weight excluding hydrogens is 377 g/mol. The lowest BCUT2D eigenvalue weighted by atomic mass is 10.1. The van der Waals surface area contributed by atoms with Gasteiger partial charge in [-0.3, -0.25) is 4.79 Å². The number of amides is 1. The van der Waals surface area contributed by atoms with Crippen molar-refractivity contribution in [2.24, 2.45) is 0 Å². The monoisotopic (exact) mass is 397 g/mol. The molecule has 2 aromatic rings. The third-order valence-electron chi connectivity index (χ3n) is 4.40. The zero-order chi connectivity index (χ0) is 19.6. The Morgan fingerprint density at radius 3 is 2.63 bits per heavy atom. The second-order valence-corrected chi connectivity index (χ2v) is 8.08. The van der Waals surface area contributed by atoms with E-state index in [0.717, 1.165) is 18.2 Å². The number of aromatic nitrogens is 1. The Hall–Kier alpha value is -2.30. The van der Waals surface area contributed by atoms with E-state index in [1.54, 1.807) is 13.8 Å². The molecular formula is C17H20FN3O5S. The first-order chi connectivity index (χ1) is 12.8. The Labute approximate surface area is 156 Å². The molecule has 3 rings (SSSR count). The van der Waals surface area contributed by atoms with Gasteiger partial charge in [-0.05, 0) is 32.0 Å². The highest BCUT2D eigenvalue weighted by molar-refractivity contribution is 7.89. The summed E-state index contributed by atoms with van der Waals surface area (Å²) in [7, 11) is -3.82. The molecule has 0 unspecified atom stereocenters. The van der Waals surface area contributed by atoms with Gasteiger partial charge in [0, 0.05) is 25.2 Å². The minimum absolute atomic E-state index is 0.0971. The van der Waals surface area contributed by atoms with Crippen LogP contribution in [0.5, 0.6) is 0 Å². The Balaban J connectivity index is 1.81. The van der Waals surface area contributed by atoms with Gasteiger partial charge in [0.2, 0.25) is 10.0 Å². The van der Waals surface area contributed by atoms with Crippen LogP contribution < -0.4 is 5.32 Å². The van der Waals surface area contributed by atoms with Crippen molar-refractivity contribution in [2.75, 3.05) is 26.3 Å². The molecule has 0 bridgehead atoms. The van der Waals surface area contributed by atoms with Crippen molar-refractivity contribution < 1.29 is 26.9 Å². The molecule has 27 heavy (non-hydrogen) atoms. The molecule has 1 aromatic carbocycles. The zero-order valence-electron chi connectivity index (χ0n) is 15.0. The highest BCUT2D eigenvalue weighted by Crippen LogP contribution is 2.20. The van der Waals surface area contributed by atoms with E-state index in [1.807, 2.05) is 0 Å². The molecule has 1 saturated heterocycles. The number of hydrogen-bond acceptors (Lipinski definition) is 6. The standard InChI is InChI=1S/C17H20FN3O5S/c1-11-15(12(2)26-20-11)10-19-17(22)14-9-13(3-4-16(14)18)27(23,24)21-5-7-25-8-6-21/h3-4,9H,5-8,10H2,1-2H3,(H,19,22). The summed E-state index contributed by atoms with van der Waals surface area (Å²) in [6.07, 6.45) is 0. The number of ether oxygens (including phenoxy) is 1. The molecule has 0 radical (unpaired) electrons. The Morgan fingerprint density at radius 2 is 2.00 bits per heavy atom. The summed E-state index contributed by atoms with van der Waals surface area (Å²) in [6.45, 7) is 4.56. The SMILES string of the molecule is Cc1noc(C)c1CNC(=O)c1cc(S(=O)(=O)N2CCOCC2)ccc1F. The van der Waals surface area contributed by atoms with Crippen LogP contribution in [0.3, 0.4) is 0 Å². The van der Waals surface area contributed by atoms with Gasteiger partial charge in [0.15, 0.2) is 0 Å². The summed E-state index contributed by atoms with van der Waals surface area (Å²) in [6, 6.07) is 3.20. The van der Waals surface area contributed by atoms with Crippen LogP contribution in [0.2, 0.25) is 0 Å². The fraction of sp³-hybridized carbons (Fsp3) is 0.412. The maximum absolute atomic E-state index is 14.2. The Bertz CT molecular complexity index is 932. The van der Waals surface area contributed by atoms with Crippen LogP contribution in [0, 0.1) is 19.7 Å². The number of halogens is 1. The second kappa shape index (κ2) is 7.75. The lowest BCUT2D eigenvalue weighted by Crippen LogP contribution is -2.40. The van der Waals surface area contributed by atoms with Gasteiger partial charge in [0.05, 0.1) is 29.4 Å². The van der Waals surface area contributed by atoms with Crippen molar-refractivity contribution in [1.29, 1.82) is 0 Å². The first kappa shape index (κ1) is 19.5. The van der Waals surface area contributed by atoms with Crippen LogP contribution in [0.25, 0.3) is 0 Å². The molecule has 1 aliphatic heterocycles. The molecule has 10 heteroatoms. The van der Waals surface area contributed by atoms with Gasteiger partial charge in [-0.25, -0.2) is 12.8 Å². The fourth-order valence-electron chi connectivity index (χ4n) is 2.79. The first-order valence-electron chi connectivity index (χ1n) is 8.38. The number of aryl methyl sites for hydroxylation is 2. The van der Waals surface area contributed by atoms with E-state index in [2.05, 4.69) is 10.5 Å². The van der Waals surface area contributed by atoms with Crippen LogP contribution >= 0.6 is 0 Å².